The number of carbonyl (C=O) groups is 2. The molecule has 0 aliphatic heterocycles. The molecule has 3 rings (SSSR count). The van der Waals surface area contributed by atoms with Crippen molar-refractivity contribution < 1.29 is 9.59 Å². The Labute approximate surface area is 169 Å². The van der Waals surface area contributed by atoms with Gasteiger partial charge in [-0.2, -0.15) is 0 Å². The Morgan fingerprint density at radius 1 is 1.03 bits per heavy atom. The molecule has 8 heteroatoms. The van der Waals surface area contributed by atoms with Crippen molar-refractivity contribution in [2.45, 2.75) is 13.3 Å². The lowest BCUT2D eigenvalue weighted by atomic mass is 10.2. The van der Waals surface area contributed by atoms with Gasteiger partial charge in [0, 0.05) is 50.4 Å². The molecule has 0 radical (unpaired) electrons. The van der Waals surface area contributed by atoms with Gasteiger partial charge in [-0.1, -0.05) is 6.07 Å². The van der Waals surface area contributed by atoms with E-state index >= 15 is 0 Å². The number of nitrogens with zero attached hydrogens (tertiary/aromatic N) is 4. The second-order valence-corrected chi connectivity index (χ2v) is 6.51. The van der Waals surface area contributed by atoms with Gasteiger partial charge in [0.2, 0.25) is 5.91 Å². The monoisotopic (exact) mass is 390 g/mol. The topological polar surface area (TPSA) is 100 Å². The van der Waals surface area contributed by atoms with Crippen LogP contribution in [0.4, 0.5) is 17.2 Å². The molecule has 0 aliphatic rings. The quantitative estimate of drug-likeness (QED) is 0.643. The molecule has 0 unspecified atom stereocenters. The van der Waals surface area contributed by atoms with Crippen LogP contribution in [0.3, 0.4) is 0 Å². The molecule has 0 aliphatic carbocycles. The minimum absolute atomic E-state index is 0.146. The molecule has 8 nitrogen and oxygen atoms in total. The first-order chi connectivity index (χ1) is 14.0. The number of anilines is 3. The van der Waals surface area contributed by atoms with Crippen LogP contribution < -0.4 is 10.6 Å². The first-order valence-corrected chi connectivity index (χ1v) is 9.12. The van der Waals surface area contributed by atoms with E-state index < -0.39 is 0 Å². The molecular weight excluding hydrogens is 368 g/mol. The average molecular weight is 390 g/mol. The van der Waals surface area contributed by atoms with Gasteiger partial charge in [0.25, 0.3) is 5.91 Å². The predicted molar refractivity (Wildman–Crippen MR) is 111 cm³/mol. The molecule has 2 aromatic heterocycles. The van der Waals surface area contributed by atoms with E-state index in [1.165, 1.54) is 13.3 Å². The summed E-state index contributed by atoms with van der Waals surface area (Å²) in [5.41, 5.74) is 2.82. The molecule has 0 saturated carbocycles. The van der Waals surface area contributed by atoms with Crippen molar-refractivity contribution in [2.75, 3.05) is 24.2 Å². The number of rotatable bonds is 7. The van der Waals surface area contributed by atoms with Crippen LogP contribution in [0, 0.1) is 0 Å². The van der Waals surface area contributed by atoms with Crippen molar-refractivity contribution in [2.24, 2.45) is 0 Å². The molecule has 148 valence electrons. The Balaban J connectivity index is 1.65. The van der Waals surface area contributed by atoms with Crippen LogP contribution in [0.25, 0.3) is 0 Å². The van der Waals surface area contributed by atoms with Crippen molar-refractivity contribution in [3.8, 4) is 0 Å². The van der Waals surface area contributed by atoms with E-state index in [9.17, 15) is 9.59 Å². The molecular formula is C21H22N6O2. The molecule has 2 heterocycles. The third-order valence-corrected chi connectivity index (χ3v) is 4.17. The summed E-state index contributed by atoms with van der Waals surface area (Å²) < 4.78 is 0. The third kappa shape index (κ3) is 5.83. The van der Waals surface area contributed by atoms with E-state index in [0.29, 0.717) is 23.7 Å². The van der Waals surface area contributed by atoms with Gasteiger partial charge in [-0.25, -0.2) is 9.97 Å². The summed E-state index contributed by atoms with van der Waals surface area (Å²) in [4.78, 5) is 37.8. The average Bonchev–Trinajstić information content (AvgIpc) is 2.72. The zero-order chi connectivity index (χ0) is 20.6. The zero-order valence-electron chi connectivity index (χ0n) is 16.3. The Morgan fingerprint density at radius 3 is 2.55 bits per heavy atom. The van der Waals surface area contributed by atoms with Gasteiger partial charge in [0.15, 0.2) is 0 Å². The molecule has 29 heavy (non-hydrogen) atoms. The predicted octanol–water partition coefficient (Wildman–Crippen LogP) is 2.89. The molecule has 0 bridgehead atoms. The molecule has 1 aromatic carbocycles. The van der Waals surface area contributed by atoms with Gasteiger partial charge < -0.3 is 15.5 Å². The third-order valence-electron chi connectivity index (χ3n) is 4.17. The van der Waals surface area contributed by atoms with E-state index in [4.69, 9.17) is 0 Å². The first kappa shape index (κ1) is 19.9. The Bertz CT molecular complexity index is 993. The minimum Gasteiger partial charge on any atom is -0.340 e. The van der Waals surface area contributed by atoms with E-state index in [1.54, 1.807) is 42.5 Å². The Kier molecular flexibility index (Phi) is 6.47. The highest BCUT2D eigenvalue weighted by Gasteiger charge is 2.14. The summed E-state index contributed by atoms with van der Waals surface area (Å²) in [5, 5.41) is 5.86. The number of pyridine rings is 1. The van der Waals surface area contributed by atoms with Crippen LogP contribution >= 0.6 is 0 Å². The fraction of sp³-hybridized carbons (Fsp3) is 0.190. The Hall–Kier alpha value is -3.81. The first-order valence-electron chi connectivity index (χ1n) is 9.12. The number of likely N-dealkylation sites (N-methyl/N-ethyl adjacent to an activating group) is 1. The second-order valence-electron chi connectivity index (χ2n) is 6.51. The summed E-state index contributed by atoms with van der Waals surface area (Å²) >= 11 is 0. The number of carbonyl (C=O) groups excluding carboxylic acids is 2. The number of hydrogen-bond donors (Lipinski definition) is 2. The fourth-order valence-corrected chi connectivity index (χ4v) is 2.71. The van der Waals surface area contributed by atoms with Gasteiger partial charge >= 0.3 is 0 Å². The van der Waals surface area contributed by atoms with Gasteiger partial charge in [0.1, 0.15) is 17.8 Å². The highest BCUT2D eigenvalue weighted by Crippen LogP contribution is 2.19. The number of nitrogens with one attached hydrogen (secondary N) is 2. The maximum absolute atomic E-state index is 12.7. The second kappa shape index (κ2) is 9.41. The fourth-order valence-electron chi connectivity index (χ4n) is 2.71. The lowest BCUT2D eigenvalue weighted by Crippen LogP contribution is -2.29. The number of aromatic nitrogens is 3. The smallest absolute Gasteiger partial charge is 0.272 e. The molecule has 0 atom stereocenters. The molecule has 2 amide bonds. The van der Waals surface area contributed by atoms with Crippen LogP contribution in [0.1, 0.15) is 23.0 Å². The van der Waals surface area contributed by atoms with E-state index in [-0.39, 0.29) is 11.8 Å². The molecule has 3 aromatic rings. The molecule has 0 fully saturated rings. The van der Waals surface area contributed by atoms with Gasteiger partial charge in [-0.3, -0.25) is 14.6 Å². The van der Waals surface area contributed by atoms with Gasteiger partial charge in [-0.05, 0) is 42.3 Å². The van der Waals surface area contributed by atoms with E-state index in [0.717, 1.165) is 17.7 Å². The number of hydrogen-bond acceptors (Lipinski definition) is 6. The summed E-state index contributed by atoms with van der Waals surface area (Å²) in [6, 6.07) is 12.7. The number of benzene rings is 1. The summed E-state index contributed by atoms with van der Waals surface area (Å²) in [7, 11) is 1.75. The SMILES string of the molecule is CC(=O)Nc1cccc(Nc2cc(C(=O)N(C)CCc3ccncc3)ncn2)c1. The highest BCUT2D eigenvalue weighted by molar-refractivity contribution is 5.93. The standard InChI is InChI=1S/C21H22N6O2/c1-15(28)25-17-4-3-5-18(12-17)26-20-13-19(23-14-24-20)21(29)27(2)11-8-16-6-9-22-10-7-16/h3-7,9-10,12-14H,8,11H2,1-2H3,(H,25,28)(H,23,24,26). The van der Waals surface area contributed by atoms with E-state index in [2.05, 4.69) is 25.6 Å². The van der Waals surface area contributed by atoms with Crippen LogP contribution in [-0.2, 0) is 11.2 Å². The molecule has 0 spiro atoms. The highest BCUT2D eigenvalue weighted by atomic mass is 16.2. The molecule has 0 saturated heterocycles. The van der Waals surface area contributed by atoms with Crippen LogP contribution in [-0.4, -0.2) is 45.3 Å². The summed E-state index contributed by atoms with van der Waals surface area (Å²) in [6.45, 7) is 2.02. The largest absolute Gasteiger partial charge is 0.340 e. The van der Waals surface area contributed by atoms with Crippen molar-refractivity contribution in [3.05, 3.63) is 72.4 Å². The lowest BCUT2D eigenvalue weighted by Gasteiger charge is -2.17. The number of amides is 2. The summed E-state index contributed by atoms with van der Waals surface area (Å²) in [5.74, 6) is 0.161. The van der Waals surface area contributed by atoms with Crippen molar-refractivity contribution in [3.63, 3.8) is 0 Å². The van der Waals surface area contributed by atoms with Crippen molar-refractivity contribution >= 4 is 29.0 Å². The maximum Gasteiger partial charge on any atom is 0.272 e. The van der Waals surface area contributed by atoms with Gasteiger partial charge in [0.05, 0.1) is 0 Å². The Morgan fingerprint density at radius 2 is 1.79 bits per heavy atom. The summed E-state index contributed by atoms with van der Waals surface area (Å²) in [6.07, 6.45) is 5.56. The molecule has 2 N–H and O–H groups in total. The minimum atomic E-state index is -0.184. The van der Waals surface area contributed by atoms with Crippen LogP contribution in [0.15, 0.2) is 61.2 Å². The zero-order valence-corrected chi connectivity index (χ0v) is 16.3. The normalized spacial score (nSPS) is 10.3. The van der Waals surface area contributed by atoms with Crippen LogP contribution in [0.5, 0.6) is 0 Å². The van der Waals surface area contributed by atoms with Crippen LogP contribution in [0.2, 0.25) is 0 Å². The lowest BCUT2D eigenvalue weighted by molar-refractivity contribution is -0.114. The van der Waals surface area contributed by atoms with Crippen molar-refractivity contribution in [1.29, 1.82) is 0 Å². The van der Waals surface area contributed by atoms with E-state index in [1.807, 2.05) is 24.3 Å². The van der Waals surface area contributed by atoms with Gasteiger partial charge in [-0.15, -0.1) is 0 Å². The maximum atomic E-state index is 12.7. The van der Waals surface area contributed by atoms with Crippen molar-refractivity contribution in [1.82, 2.24) is 19.9 Å².